The van der Waals surface area contributed by atoms with Crippen molar-refractivity contribution in [2.24, 2.45) is 0 Å². The van der Waals surface area contributed by atoms with Crippen molar-refractivity contribution in [3.8, 4) is 0 Å². The van der Waals surface area contributed by atoms with Crippen molar-refractivity contribution < 1.29 is 9.90 Å². The second-order valence-electron chi connectivity index (χ2n) is 4.24. The molecule has 0 heterocycles. The molecule has 2 N–H and O–H groups in total. The van der Waals surface area contributed by atoms with Crippen molar-refractivity contribution in [2.75, 3.05) is 11.9 Å². The zero-order valence-electron chi connectivity index (χ0n) is 9.95. The molecule has 3 nitrogen and oxygen atoms in total. The summed E-state index contributed by atoms with van der Waals surface area (Å²) in [7, 11) is 0. The first kappa shape index (κ1) is 14.2. The molecule has 0 aliphatic heterocycles. The first-order valence-corrected chi connectivity index (χ1v) is 6.73. The lowest BCUT2D eigenvalue weighted by atomic mass is 9.94. The van der Waals surface area contributed by atoms with E-state index < -0.39 is 5.54 Å². The standard InChI is InChI=1S/C13H18BrNO2/c1-11(17)15-13(9-14,10-16)8-7-12-5-3-2-4-6-12/h2-6,16H,7-10H2,1H3,(H,15,17)/t13-/m1/s1. The molecule has 1 aromatic rings. The SMILES string of the molecule is CC(=O)N[C@@](CO)(CBr)CCc1ccccc1. The van der Waals surface area contributed by atoms with Crippen molar-refractivity contribution in [1.82, 2.24) is 5.32 Å². The minimum atomic E-state index is -0.568. The fraction of sp³-hybridized carbons (Fsp3) is 0.462. The maximum Gasteiger partial charge on any atom is 0.217 e. The summed E-state index contributed by atoms with van der Waals surface area (Å²) in [5, 5.41) is 12.8. The molecule has 0 aromatic heterocycles. The Morgan fingerprint density at radius 2 is 2.06 bits per heavy atom. The van der Waals surface area contributed by atoms with Crippen LogP contribution in [0, 0.1) is 0 Å². The van der Waals surface area contributed by atoms with Gasteiger partial charge in [-0.2, -0.15) is 0 Å². The zero-order valence-corrected chi connectivity index (χ0v) is 11.5. The lowest BCUT2D eigenvalue weighted by molar-refractivity contribution is -0.121. The zero-order chi connectivity index (χ0) is 12.7. The van der Waals surface area contributed by atoms with Crippen molar-refractivity contribution >= 4 is 21.8 Å². The van der Waals surface area contributed by atoms with Gasteiger partial charge in [-0.05, 0) is 18.4 Å². The molecule has 0 bridgehead atoms. The van der Waals surface area contributed by atoms with Crippen LogP contribution in [0.3, 0.4) is 0 Å². The van der Waals surface area contributed by atoms with Crippen molar-refractivity contribution in [1.29, 1.82) is 0 Å². The molecule has 1 atom stereocenters. The molecule has 4 heteroatoms. The van der Waals surface area contributed by atoms with Gasteiger partial charge >= 0.3 is 0 Å². The Bertz CT molecular complexity index is 350. The number of halogens is 1. The van der Waals surface area contributed by atoms with Crippen LogP contribution >= 0.6 is 15.9 Å². The highest BCUT2D eigenvalue weighted by atomic mass is 79.9. The van der Waals surface area contributed by atoms with E-state index in [4.69, 9.17) is 0 Å². The molecule has 17 heavy (non-hydrogen) atoms. The molecule has 1 amide bonds. The number of aliphatic hydroxyl groups excluding tert-OH is 1. The van der Waals surface area contributed by atoms with Gasteiger partial charge in [-0.3, -0.25) is 4.79 Å². The molecule has 0 radical (unpaired) electrons. The largest absolute Gasteiger partial charge is 0.394 e. The van der Waals surface area contributed by atoms with Crippen LogP contribution in [0.2, 0.25) is 0 Å². The van der Waals surface area contributed by atoms with Crippen molar-refractivity contribution in [2.45, 2.75) is 25.3 Å². The lowest BCUT2D eigenvalue weighted by Gasteiger charge is -2.30. The number of benzene rings is 1. The molecule has 94 valence electrons. The van der Waals surface area contributed by atoms with Crippen LogP contribution in [0.5, 0.6) is 0 Å². The summed E-state index contributed by atoms with van der Waals surface area (Å²) in [5.41, 5.74) is 0.637. The number of nitrogens with one attached hydrogen (secondary N) is 1. The van der Waals surface area contributed by atoms with Gasteiger partial charge in [-0.15, -0.1) is 0 Å². The summed E-state index contributed by atoms with van der Waals surface area (Å²) in [4.78, 5) is 11.1. The maximum atomic E-state index is 11.1. The lowest BCUT2D eigenvalue weighted by Crippen LogP contribution is -2.52. The second kappa shape index (κ2) is 6.77. The van der Waals surface area contributed by atoms with E-state index in [9.17, 15) is 9.90 Å². The molecule has 0 unspecified atom stereocenters. The highest BCUT2D eigenvalue weighted by Crippen LogP contribution is 2.17. The van der Waals surface area contributed by atoms with Gasteiger partial charge in [-0.1, -0.05) is 46.3 Å². The van der Waals surface area contributed by atoms with Crippen LogP contribution in [-0.2, 0) is 11.2 Å². The van der Waals surface area contributed by atoms with Gasteiger partial charge in [0.25, 0.3) is 0 Å². The van der Waals surface area contributed by atoms with Crippen molar-refractivity contribution in [3.05, 3.63) is 35.9 Å². The van der Waals surface area contributed by atoms with E-state index in [1.807, 2.05) is 30.3 Å². The van der Waals surface area contributed by atoms with Gasteiger partial charge in [0.2, 0.25) is 5.91 Å². The molecule has 0 aliphatic carbocycles. The summed E-state index contributed by atoms with van der Waals surface area (Å²) >= 11 is 3.36. The van der Waals surface area contributed by atoms with Crippen LogP contribution < -0.4 is 5.32 Å². The van der Waals surface area contributed by atoms with Crippen LogP contribution in [-0.4, -0.2) is 28.5 Å². The summed E-state index contributed by atoms with van der Waals surface area (Å²) in [6.45, 7) is 1.40. The third-order valence-electron chi connectivity index (χ3n) is 2.73. The molecular formula is C13H18BrNO2. The predicted molar refractivity (Wildman–Crippen MR) is 72.2 cm³/mol. The van der Waals surface area contributed by atoms with E-state index in [-0.39, 0.29) is 12.5 Å². The number of aliphatic hydroxyl groups is 1. The average Bonchev–Trinajstić information content (AvgIpc) is 2.35. The molecule has 0 saturated carbocycles. The van der Waals surface area contributed by atoms with Gasteiger partial charge in [0, 0.05) is 12.3 Å². The number of carbonyl (C=O) groups is 1. The minimum absolute atomic E-state index is 0.0648. The second-order valence-corrected chi connectivity index (χ2v) is 4.80. The summed E-state index contributed by atoms with van der Waals surface area (Å²) in [6.07, 6.45) is 1.53. The summed E-state index contributed by atoms with van der Waals surface area (Å²) in [6, 6.07) is 10.0. The number of aryl methyl sites for hydroxylation is 1. The highest BCUT2D eigenvalue weighted by Gasteiger charge is 2.28. The van der Waals surface area contributed by atoms with E-state index in [2.05, 4.69) is 21.2 Å². The fourth-order valence-electron chi connectivity index (χ4n) is 1.73. The van der Waals surface area contributed by atoms with Gasteiger partial charge < -0.3 is 10.4 Å². The van der Waals surface area contributed by atoms with E-state index in [1.54, 1.807) is 0 Å². The maximum absolute atomic E-state index is 11.1. The topological polar surface area (TPSA) is 49.3 Å². The molecule has 0 spiro atoms. The Morgan fingerprint density at radius 3 is 2.53 bits per heavy atom. The van der Waals surface area contributed by atoms with E-state index in [1.165, 1.54) is 12.5 Å². The number of alkyl halides is 1. The Balaban J connectivity index is 2.64. The molecule has 0 saturated heterocycles. The minimum Gasteiger partial charge on any atom is -0.394 e. The predicted octanol–water partition coefficient (Wildman–Crippen LogP) is 1.88. The average molecular weight is 300 g/mol. The molecule has 1 aromatic carbocycles. The van der Waals surface area contributed by atoms with E-state index >= 15 is 0 Å². The fourth-order valence-corrected chi connectivity index (χ4v) is 2.32. The number of hydrogen-bond acceptors (Lipinski definition) is 2. The Hall–Kier alpha value is -0.870. The van der Waals surface area contributed by atoms with Crippen LogP contribution in [0.4, 0.5) is 0 Å². The van der Waals surface area contributed by atoms with Crippen LogP contribution in [0.1, 0.15) is 18.9 Å². The summed E-state index contributed by atoms with van der Waals surface area (Å²) in [5.74, 6) is -0.119. The van der Waals surface area contributed by atoms with E-state index in [0.29, 0.717) is 11.8 Å². The Morgan fingerprint density at radius 1 is 1.41 bits per heavy atom. The number of rotatable bonds is 6. The molecular weight excluding hydrogens is 282 g/mol. The Kier molecular flexibility index (Phi) is 5.65. The first-order valence-electron chi connectivity index (χ1n) is 5.61. The van der Waals surface area contributed by atoms with Gasteiger partial charge in [0.15, 0.2) is 0 Å². The van der Waals surface area contributed by atoms with Gasteiger partial charge in [0.1, 0.15) is 0 Å². The van der Waals surface area contributed by atoms with Gasteiger partial charge in [-0.25, -0.2) is 0 Å². The van der Waals surface area contributed by atoms with Crippen LogP contribution in [0.25, 0.3) is 0 Å². The third kappa shape index (κ3) is 4.48. The molecule has 1 rings (SSSR count). The van der Waals surface area contributed by atoms with Gasteiger partial charge in [0.05, 0.1) is 12.1 Å². The number of carbonyl (C=O) groups excluding carboxylic acids is 1. The monoisotopic (exact) mass is 299 g/mol. The molecule has 0 fully saturated rings. The normalized spacial score (nSPS) is 14.1. The van der Waals surface area contributed by atoms with E-state index in [0.717, 1.165) is 6.42 Å². The highest BCUT2D eigenvalue weighted by molar-refractivity contribution is 9.09. The molecule has 0 aliphatic rings. The summed E-state index contributed by atoms with van der Waals surface area (Å²) < 4.78 is 0. The third-order valence-corrected chi connectivity index (χ3v) is 3.81. The quantitative estimate of drug-likeness (QED) is 0.788. The smallest absolute Gasteiger partial charge is 0.217 e. The number of hydrogen-bond donors (Lipinski definition) is 2. The Labute approximate surface area is 110 Å². The number of amides is 1. The van der Waals surface area contributed by atoms with Crippen molar-refractivity contribution in [3.63, 3.8) is 0 Å². The first-order chi connectivity index (χ1) is 8.12. The van der Waals surface area contributed by atoms with Crippen LogP contribution in [0.15, 0.2) is 30.3 Å².